The third-order valence-corrected chi connectivity index (χ3v) is 14.2. The topological polar surface area (TPSA) is 150 Å². The average molecular weight is 1230 g/mol. The Morgan fingerprint density at radius 2 is 1.68 bits per heavy atom. The third kappa shape index (κ3) is 14.2. The molecule has 0 bridgehead atoms. The van der Waals surface area contributed by atoms with Crippen molar-refractivity contribution in [3.63, 3.8) is 0 Å². The van der Waals surface area contributed by atoms with Gasteiger partial charge in [0.15, 0.2) is 12.3 Å². The zero-order valence-electron chi connectivity index (χ0n) is 39.7. The van der Waals surface area contributed by atoms with Gasteiger partial charge >= 0.3 is 6.18 Å². The number of aromatic nitrogens is 3. The van der Waals surface area contributed by atoms with Crippen molar-refractivity contribution in [2.45, 2.75) is 64.6 Å². The fraction of sp³-hybridized carbons (Fsp3) is 0.296. The quantitative estimate of drug-likeness (QED) is 0.0354. The van der Waals surface area contributed by atoms with E-state index < -0.39 is 17.6 Å². The predicted octanol–water partition coefficient (Wildman–Crippen LogP) is 10.8. The van der Waals surface area contributed by atoms with Crippen LogP contribution < -0.4 is 20.7 Å². The molecule has 73 heavy (non-hydrogen) atoms. The van der Waals surface area contributed by atoms with Crippen molar-refractivity contribution in [3.05, 3.63) is 148 Å². The van der Waals surface area contributed by atoms with Gasteiger partial charge in [-0.3, -0.25) is 24.1 Å². The van der Waals surface area contributed by atoms with E-state index in [-0.39, 0.29) is 42.1 Å². The second-order valence-corrected chi connectivity index (χ2v) is 20.6. The molecule has 0 aliphatic carbocycles. The monoisotopic (exact) mass is 1230 g/mol. The molecule has 378 valence electrons. The Morgan fingerprint density at radius 3 is 2.45 bits per heavy atom. The van der Waals surface area contributed by atoms with Gasteiger partial charge in [-0.2, -0.15) is 18.3 Å². The lowest BCUT2D eigenvalue weighted by molar-refractivity contribution is -0.137. The van der Waals surface area contributed by atoms with Crippen molar-refractivity contribution in [2.75, 3.05) is 50.0 Å². The molecule has 1 saturated heterocycles. The van der Waals surface area contributed by atoms with Crippen LogP contribution in [0.1, 0.15) is 94.8 Å². The van der Waals surface area contributed by atoms with Gasteiger partial charge in [0.05, 0.1) is 26.3 Å². The average Bonchev–Trinajstić information content (AvgIpc) is 3.96. The van der Waals surface area contributed by atoms with E-state index in [4.69, 9.17) is 4.74 Å². The molecule has 4 amide bonds. The molecule has 0 atom stereocenters. The number of carbonyl (C=O) groups is 4. The largest absolute Gasteiger partial charge is 0.481 e. The Bertz CT molecular complexity index is 3140. The van der Waals surface area contributed by atoms with Crippen molar-refractivity contribution in [1.82, 2.24) is 29.7 Å². The number of nitrogens with zero attached hydrogens (tertiary/aromatic N) is 5. The molecule has 2 aromatic heterocycles. The minimum absolute atomic E-state index is 0.0272. The van der Waals surface area contributed by atoms with Gasteiger partial charge in [-0.1, -0.05) is 44.1 Å². The van der Waals surface area contributed by atoms with Gasteiger partial charge in [0, 0.05) is 101 Å². The van der Waals surface area contributed by atoms with Crippen LogP contribution in [0.15, 0.2) is 100 Å². The van der Waals surface area contributed by atoms with Crippen LogP contribution in [0.25, 0.3) is 17.3 Å². The molecule has 4 heterocycles. The molecular weight excluding hydrogens is 1180 g/mol. The van der Waals surface area contributed by atoms with Crippen LogP contribution in [0.3, 0.4) is 0 Å². The van der Waals surface area contributed by atoms with Crippen LogP contribution in [0, 0.1) is 15.4 Å². The molecule has 2 aliphatic heterocycles. The van der Waals surface area contributed by atoms with E-state index in [1.807, 2.05) is 53.1 Å². The Kier molecular flexibility index (Phi) is 17.7. The van der Waals surface area contributed by atoms with Crippen LogP contribution in [0.2, 0.25) is 0 Å². The van der Waals surface area contributed by atoms with Crippen LogP contribution in [0.4, 0.5) is 24.5 Å². The molecule has 19 heteroatoms. The summed E-state index contributed by atoms with van der Waals surface area (Å²) in [7, 11) is 0. The first kappa shape index (κ1) is 53.2. The van der Waals surface area contributed by atoms with E-state index in [9.17, 15) is 32.3 Å². The number of halogens is 6. The first-order chi connectivity index (χ1) is 35.1. The van der Waals surface area contributed by atoms with Gasteiger partial charge in [0.2, 0.25) is 5.91 Å². The lowest BCUT2D eigenvalue weighted by atomic mass is 10.0. The fourth-order valence-corrected chi connectivity index (χ4v) is 10.5. The van der Waals surface area contributed by atoms with E-state index in [0.717, 1.165) is 70.2 Å². The van der Waals surface area contributed by atoms with E-state index in [1.54, 1.807) is 53.4 Å². The number of nitrogens with one attached hydrogen (secondary N) is 3. The number of anilines is 2. The molecule has 6 aromatic rings. The van der Waals surface area contributed by atoms with Gasteiger partial charge in [-0.15, -0.1) is 0 Å². The summed E-state index contributed by atoms with van der Waals surface area (Å²) < 4.78 is 52.2. The summed E-state index contributed by atoms with van der Waals surface area (Å²) in [6.07, 6.45) is 7.44. The number of ether oxygens (including phenoxy) is 1. The maximum absolute atomic E-state index is 14.1. The molecule has 1 fully saturated rings. The van der Waals surface area contributed by atoms with E-state index in [2.05, 4.69) is 92.3 Å². The summed E-state index contributed by atoms with van der Waals surface area (Å²) in [6, 6.07) is 19.9. The Morgan fingerprint density at radius 1 is 0.918 bits per heavy atom. The minimum Gasteiger partial charge on any atom is -0.481 e. The maximum atomic E-state index is 14.1. The molecule has 13 nitrogen and oxygen atoms in total. The van der Waals surface area contributed by atoms with Gasteiger partial charge in [0.1, 0.15) is 5.75 Å². The van der Waals surface area contributed by atoms with Crippen LogP contribution in [-0.4, -0.2) is 87.4 Å². The highest BCUT2D eigenvalue weighted by atomic mass is 127. The number of aryl methyl sites for hydroxylation is 1. The first-order valence-electron chi connectivity index (χ1n) is 23.8. The summed E-state index contributed by atoms with van der Waals surface area (Å²) in [5.41, 5.74) is 5.60. The Labute approximate surface area is 451 Å². The highest BCUT2D eigenvalue weighted by Crippen LogP contribution is 2.39. The second-order valence-electron chi connectivity index (χ2n) is 17.7. The molecule has 3 N–H and O–H groups in total. The summed E-state index contributed by atoms with van der Waals surface area (Å²) in [6.45, 7) is 4.43. The summed E-state index contributed by atoms with van der Waals surface area (Å²) >= 11 is 9.30. The number of alkyl halides is 3. The van der Waals surface area contributed by atoms with Crippen LogP contribution >= 0.6 is 54.5 Å². The summed E-state index contributed by atoms with van der Waals surface area (Å²) in [4.78, 5) is 60.0. The van der Waals surface area contributed by atoms with E-state index in [1.165, 1.54) is 0 Å². The van der Waals surface area contributed by atoms with Gasteiger partial charge in [-0.25, -0.2) is 9.50 Å². The second kappa shape index (κ2) is 24.3. The SMILES string of the molecule is CCc1ccc(C(=O)Nc2cc(CN3CCN(C(=O)CCCCCCCNC(=O)COc4c(Br)cc(/C=C5\C(=O)Nc6ccc(I)cc65)cc4Br)CC3)cc(C(F)(F)F)c2)cc1C#Cc1cnc2ccnn2c1. The molecule has 0 unspecified atom stereocenters. The number of amides is 4. The number of rotatable bonds is 17. The van der Waals surface area contributed by atoms with Crippen LogP contribution in [-0.2, 0) is 33.5 Å². The van der Waals surface area contributed by atoms with Crippen molar-refractivity contribution < 1.29 is 37.1 Å². The number of carbonyl (C=O) groups excluding carboxylic acids is 4. The van der Waals surface area contributed by atoms with Crippen LogP contribution in [0.5, 0.6) is 5.75 Å². The number of piperazine rings is 1. The van der Waals surface area contributed by atoms with E-state index in [0.29, 0.717) is 88.2 Å². The van der Waals surface area contributed by atoms with Gasteiger partial charge in [-0.05, 0) is 157 Å². The lowest BCUT2D eigenvalue weighted by Gasteiger charge is -2.35. The standard InChI is InChI=1S/C54H50Br2F3IN8O5/c1-2-37-11-12-39(27-38(37)10-9-34-30-62-48-15-17-63-68(48)32-34)52(71)64-42-23-36(22-40(28-42)54(57,58)59)31-66-18-20-67(21-19-66)50(70)8-6-4-3-5-7-16-61-49(69)33-73-51-45(55)25-35(26-46(51)56)24-44-43-29-41(60)13-14-47(43)65-53(44)72/h11-15,17,22-30,32H,2-8,16,18-21,31,33H2,1H3,(H,61,69)(H,64,71)(H,65,72)/b44-24-. The molecule has 0 saturated carbocycles. The molecule has 0 radical (unpaired) electrons. The smallest absolute Gasteiger partial charge is 0.416 e. The minimum atomic E-state index is -4.64. The highest BCUT2D eigenvalue weighted by molar-refractivity contribution is 14.1. The molecule has 8 rings (SSSR count). The molecular formula is C54H50Br2F3IN8O5. The molecule has 4 aromatic carbocycles. The number of fused-ring (bicyclic) bond motifs is 2. The maximum Gasteiger partial charge on any atom is 0.416 e. The predicted molar refractivity (Wildman–Crippen MR) is 290 cm³/mol. The number of hydrogen-bond donors (Lipinski definition) is 3. The third-order valence-electron chi connectivity index (χ3n) is 12.4. The number of benzene rings is 4. The van der Waals surface area contributed by atoms with Crippen molar-refractivity contribution in [3.8, 4) is 17.6 Å². The van der Waals surface area contributed by atoms with Crippen molar-refractivity contribution in [2.24, 2.45) is 0 Å². The highest BCUT2D eigenvalue weighted by Gasteiger charge is 2.32. The normalized spacial score (nSPS) is 14.2. The number of unbranched alkanes of at least 4 members (excludes halogenated alkanes) is 4. The Balaban J connectivity index is 0.732. The van der Waals surface area contributed by atoms with Gasteiger partial charge < -0.3 is 25.6 Å². The zero-order valence-corrected chi connectivity index (χ0v) is 45.0. The number of hydrogen-bond acceptors (Lipinski definition) is 8. The van der Waals surface area contributed by atoms with Crippen molar-refractivity contribution >= 4 is 107 Å². The molecule has 2 aliphatic rings. The fourth-order valence-electron chi connectivity index (χ4n) is 8.57. The summed E-state index contributed by atoms with van der Waals surface area (Å²) in [5, 5.41) is 12.7. The summed E-state index contributed by atoms with van der Waals surface area (Å²) in [5.74, 6) is 5.73. The first-order valence-corrected chi connectivity index (χ1v) is 26.4. The van der Waals surface area contributed by atoms with E-state index >= 15 is 0 Å². The zero-order chi connectivity index (χ0) is 51.6. The Hall–Kier alpha value is -6.08. The molecule has 0 spiro atoms. The van der Waals surface area contributed by atoms with Gasteiger partial charge in [0.25, 0.3) is 17.7 Å². The van der Waals surface area contributed by atoms with Crippen molar-refractivity contribution in [1.29, 1.82) is 0 Å². The lowest BCUT2D eigenvalue weighted by Crippen LogP contribution is -2.48.